The summed E-state index contributed by atoms with van der Waals surface area (Å²) >= 11 is 7.64. The average Bonchev–Trinajstić information content (AvgIpc) is 3.13. The molecule has 1 aromatic carbocycles. The van der Waals surface area contributed by atoms with Crippen LogP contribution in [0.4, 0.5) is 5.00 Å². The fourth-order valence-corrected chi connectivity index (χ4v) is 5.87. The van der Waals surface area contributed by atoms with Crippen molar-refractivity contribution in [2.24, 2.45) is 5.73 Å². The number of hydrogen-bond donors (Lipinski definition) is 2. The molecule has 4 rings (SSSR count). The number of nitrogens with zero attached hydrogens (tertiary/aromatic N) is 2. The molecule has 0 radical (unpaired) electrons. The molecule has 1 saturated heterocycles. The Morgan fingerprint density at radius 3 is 2.50 bits per heavy atom. The van der Waals surface area contributed by atoms with Crippen molar-refractivity contribution in [1.29, 1.82) is 0 Å². The second-order valence-corrected chi connectivity index (χ2v) is 9.76. The van der Waals surface area contributed by atoms with E-state index in [2.05, 4.69) is 5.32 Å². The lowest BCUT2D eigenvalue weighted by Crippen LogP contribution is -2.50. The van der Waals surface area contributed by atoms with Crippen LogP contribution in [0, 0.1) is 0 Å². The number of carbonyl (C=O) groups is 3. The Balaban J connectivity index is 1.30. The number of amides is 3. The predicted molar refractivity (Wildman–Crippen MR) is 126 cm³/mol. The van der Waals surface area contributed by atoms with Crippen molar-refractivity contribution in [1.82, 2.24) is 9.80 Å². The molecule has 1 aliphatic carbocycles. The van der Waals surface area contributed by atoms with Crippen LogP contribution < -0.4 is 11.1 Å². The molecule has 170 valence electrons. The fourth-order valence-electron chi connectivity index (χ4n) is 4.36. The van der Waals surface area contributed by atoms with E-state index in [-0.39, 0.29) is 24.8 Å². The summed E-state index contributed by atoms with van der Waals surface area (Å²) in [6.07, 6.45) is 4.18. The maximum absolute atomic E-state index is 12.7. The highest BCUT2D eigenvalue weighted by atomic mass is 35.5. The van der Waals surface area contributed by atoms with E-state index in [1.54, 1.807) is 6.07 Å². The molecule has 0 bridgehead atoms. The normalized spacial score (nSPS) is 16.5. The van der Waals surface area contributed by atoms with Crippen LogP contribution >= 0.6 is 22.9 Å². The molecule has 9 heteroatoms. The highest BCUT2D eigenvalue weighted by Crippen LogP contribution is 2.37. The monoisotopic (exact) mass is 474 g/mol. The van der Waals surface area contributed by atoms with Crippen LogP contribution in [0.25, 0.3) is 0 Å². The van der Waals surface area contributed by atoms with Gasteiger partial charge in [0.15, 0.2) is 0 Å². The molecule has 3 N–H and O–H groups in total. The summed E-state index contributed by atoms with van der Waals surface area (Å²) in [5.41, 5.74) is 7.92. The second kappa shape index (κ2) is 10.0. The van der Waals surface area contributed by atoms with E-state index < -0.39 is 5.91 Å². The summed E-state index contributed by atoms with van der Waals surface area (Å²) in [6, 6.07) is 7.37. The molecular weight excluding hydrogens is 448 g/mol. The third-order valence-corrected chi connectivity index (χ3v) is 7.64. The van der Waals surface area contributed by atoms with Crippen LogP contribution in [0.1, 0.15) is 39.2 Å². The molecule has 0 unspecified atom stereocenters. The van der Waals surface area contributed by atoms with Gasteiger partial charge in [-0.15, -0.1) is 11.3 Å². The second-order valence-electron chi connectivity index (χ2n) is 8.25. The topological polar surface area (TPSA) is 95.7 Å². The maximum atomic E-state index is 12.7. The summed E-state index contributed by atoms with van der Waals surface area (Å²) in [4.78, 5) is 42.3. The van der Waals surface area contributed by atoms with Crippen molar-refractivity contribution < 1.29 is 14.4 Å². The van der Waals surface area contributed by atoms with Crippen LogP contribution in [-0.2, 0) is 28.9 Å². The Labute approximate surface area is 196 Å². The van der Waals surface area contributed by atoms with Gasteiger partial charge >= 0.3 is 0 Å². The minimum absolute atomic E-state index is 0.0393. The highest BCUT2D eigenvalue weighted by molar-refractivity contribution is 7.17. The van der Waals surface area contributed by atoms with Crippen molar-refractivity contribution in [2.45, 2.75) is 32.1 Å². The number of piperazine rings is 1. The van der Waals surface area contributed by atoms with Gasteiger partial charge in [-0.1, -0.05) is 29.8 Å². The summed E-state index contributed by atoms with van der Waals surface area (Å²) in [7, 11) is 0. The third-order valence-electron chi connectivity index (χ3n) is 6.06. The number of aryl methyl sites for hydroxylation is 1. The standard InChI is InChI=1S/C23H27ClN4O3S/c24-17-7-3-1-5-15(17)13-20(30)28-11-9-27(10-12-28)14-19(29)26-23-21(22(25)31)16-6-2-4-8-18(16)32-23/h1,3,5,7H,2,4,6,8-14H2,(H2,25,31)(H,26,29). The SMILES string of the molecule is NC(=O)c1c(NC(=O)CN2CCN(C(=O)Cc3ccccc3Cl)CC2)sc2c1CCCC2. The Bertz CT molecular complexity index is 1030. The summed E-state index contributed by atoms with van der Waals surface area (Å²) in [5.74, 6) is -0.607. The summed E-state index contributed by atoms with van der Waals surface area (Å²) in [6.45, 7) is 2.58. The molecule has 0 spiro atoms. The van der Waals surface area contributed by atoms with Crippen LogP contribution in [0.15, 0.2) is 24.3 Å². The van der Waals surface area contributed by atoms with Crippen molar-refractivity contribution in [3.8, 4) is 0 Å². The smallest absolute Gasteiger partial charge is 0.251 e. The number of nitrogens with one attached hydrogen (secondary N) is 1. The lowest BCUT2D eigenvalue weighted by molar-refractivity contribution is -0.132. The van der Waals surface area contributed by atoms with Gasteiger partial charge in [0.1, 0.15) is 5.00 Å². The molecule has 1 aliphatic heterocycles. The molecule has 0 atom stereocenters. The number of thiophene rings is 1. The predicted octanol–water partition coefficient (Wildman–Crippen LogP) is 2.70. The van der Waals surface area contributed by atoms with Gasteiger partial charge in [0.2, 0.25) is 11.8 Å². The first kappa shape index (κ1) is 22.8. The number of hydrogen-bond acceptors (Lipinski definition) is 5. The number of benzene rings is 1. The lowest BCUT2D eigenvalue weighted by atomic mass is 9.95. The minimum Gasteiger partial charge on any atom is -0.365 e. The number of nitrogens with two attached hydrogens (primary N) is 1. The molecular formula is C23H27ClN4O3S. The fraction of sp³-hybridized carbons (Fsp3) is 0.435. The molecule has 3 amide bonds. The first-order chi connectivity index (χ1) is 15.4. The van der Waals surface area contributed by atoms with Crippen LogP contribution in [0.2, 0.25) is 5.02 Å². The van der Waals surface area contributed by atoms with E-state index in [9.17, 15) is 14.4 Å². The first-order valence-corrected chi connectivity index (χ1v) is 12.1. The van der Waals surface area contributed by atoms with Gasteiger partial charge < -0.3 is 16.0 Å². The first-order valence-electron chi connectivity index (χ1n) is 10.9. The minimum atomic E-state index is -0.481. The van der Waals surface area contributed by atoms with E-state index in [0.717, 1.165) is 41.7 Å². The third kappa shape index (κ3) is 5.14. The van der Waals surface area contributed by atoms with E-state index in [1.807, 2.05) is 28.0 Å². The van der Waals surface area contributed by atoms with Crippen molar-refractivity contribution in [3.63, 3.8) is 0 Å². The van der Waals surface area contributed by atoms with Gasteiger partial charge in [-0.2, -0.15) is 0 Å². The zero-order valence-corrected chi connectivity index (χ0v) is 19.4. The summed E-state index contributed by atoms with van der Waals surface area (Å²) in [5, 5.41) is 4.08. The van der Waals surface area contributed by atoms with Gasteiger partial charge in [0.25, 0.3) is 5.91 Å². The Morgan fingerprint density at radius 2 is 1.78 bits per heavy atom. The van der Waals surface area contributed by atoms with Crippen LogP contribution in [0.5, 0.6) is 0 Å². The zero-order valence-electron chi connectivity index (χ0n) is 17.9. The van der Waals surface area contributed by atoms with Gasteiger partial charge in [-0.3, -0.25) is 19.3 Å². The van der Waals surface area contributed by atoms with E-state index >= 15 is 0 Å². The molecule has 1 aromatic heterocycles. The van der Waals surface area contributed by atoms with Crippen LogP contribution in [0.3, 0.4) is 0 Å². The quantitative estimate of drug-likeness (QED) is 0.672. The van der Waals surface area contributed by atoms with Crippen molar-refractivity contribution in [3.05, 3.63) is 50.9 Å². The summed E-state index contributed by atoms with van der Waals surface area (Å²) < 4.78 is 0. The maximum Gasteiger partial charge on any atom is 0.251 e. The number of anilines is 1. The Morgan fingerprint density at radius 1 is 1.06 bits per heavy atom. The van der Waals surface area contributed by atoms with Gasteiger partial charge in [0, 0.05) is 36.1 Å². The highest BCUT2D eigenvalue weighted by Gasteiger charge is 2.26. The molecule has 0 saturated carbocycles. The average molecular weight is 475 g/mol. The van der Waals surface area contributed by atoms with Gasteiger partial charge in [-0.25, -0.2) is 0 Å². The molecule has 2 aliphatic rings. The van der Waals surface area contributed by atoms with E-state index in [1.165, 1.54) is 11.3 Å². The molecule has 32 heavy (non-hydrogen) atoms. The molecule has 1 fully saturated rings. The molecule has 2 heterocycles. The molecule has 2 aromatic rings. The van der Waals surface area contributed by atoms with Crippen LogP contribution in [-0.4, -0.2) is 60.2 Å². The van der Waals surface area contributed by atoms with E-state index in [4.69, 9.17) is 17.3 Å². The van der Waals surface area contributed by atoms with Crippen molar-refractivity contribution >= 4 is 45.7 Å². The largest absolute Gasteiger partial charge is 0.365 e. The van der Waals surface area contributed by atoms with E-state index in [0.29, 0.717) is 41.8 Å². The number of halogens is 1. The lowest BCUT2D eigenvalue weighted by Gasteiger charge is -2.34. The van der Waals surface area contributed by atoms with Crippen molar-refractivity contribution in [2.75, 3.05) is 38.0 Å². The Kier molecular flexibility index (Phi) is 7.13. The number of fused-ring (bicyclic) bond motifs is 1. The number of carbonyl (C=O) groups excluding carboxylic acids is 3. The Hall–Kier alpha value is -2.42. The number of primary amides is 1. The van der Waals surface area contributed by atoms with Gasteiger partial charge in [0.05, 0.1) is 18.5 Å². The van der Waals surface area contributed by atoms with Gasteiger partial charge in [-0.05, 0) is 42.9 Å². The molecule has 7 nitrogen and oxygen atoms in total. The number of rotatable bonds is 6. The zero-order chi connectivity index (χ0) is 22.7.